The van der Waals surface area contributed by atoms with E-state index in [1.165, 1.54) is 5.56 Å². The molecule has 0 aliphatic heterocycles. The second-order valence-electron chi connectivity index (χ2n) is 4.62. The van der Waals surface area contributed by atoms with Crippen LogP contribution in [0, 0.1) is 0 Å². The standard InChI is InChI=1S/C17H21NO2/c1-3-13-5-4-6-16(11-13)20-17(12-18)14-7-9-15(19-2)10-8-14/h4-11,17H,3,12,18H2,1-2H3. The Morgan fingerprint density at radius 3 is 2.40 bits per heavy atom. The van der Waals surface area contributed by atoms with E-state index < -0.39 is 0 Å². The van der Waals surface area contributed by atoms with Crippen LogP contribution in [0.25, 0.3) is 0 Å². The monoisotopic (exact) mass is 271 g/mol. The average Bonchev–Trinajstić information content (AvgIpc) is 2.53. The number of hydrogen-bond acceptors (Lipinski definition) is 3. The molecule has 2 N–H and O–H groups in total. The number of nitrogens with two attached hydrogens (primary N) is 1. The van der Waals surface area contributed by atoms with Crippen LogP contribution in [0.1, 0.15) is 24.2 Å². The van der Waals surface area contributed by atoms with E-state index in [4.69, 9.17) is 15.2 Å². The summed E-state index contributed by atoms with van der Waals surface area (Å²) < 4.78 is 11.2. The van der Waals surface area contributed by atoms with Crippen molar-refractivity contribution in [2.75, 3.05) is 13.7 Å². The molecule has 0 aliphatic carbocycles. The minimum Gasteiger partial charge on any atom is -0.497 e. The number of benzene rings is 2. The van der Waals surface area contributed by atoms with Gasteiger partial charge in [-0.3, -0.25) is 0 Å². The Bertz CT molecular complexity index is 537. The largest absolute Gasteiger partial charge is 0.497 e. The van der Waals surface area contributed by atoms with E-state index >= 15 is 0 Å². The quantitative estimate of drug-likeness (QED) is 0.876. The molecule has 3 heteroatoms. The molecule has 0 radical (unpaired) electrons. The molecule has 1 atom stereocenters. The van der Waals surface area contributed by atoms with Gasteiger partial charge in [0.25, 0.3) is 0 Å². The van der Waals surface area contributed by atoms with Crippen molar-refractivity contribution < 1.29 is 9.47 Å². The first-order valence-corrected chi connectivity index (χ1v) is 6.86. The SMILES string of the molecule is CCc1cccc(OC(CN)c2ccc(OC)cc2)c1. The fourth-order valence-corrected chi connectivity index (χ4v) is 2.07. The smallest absolute Gasteiger partial charge is 0.136 e. The molecule has 0 fully saturated rings. The van der Waals surface area contributed by atoms with Gasteiger partial charge >= 0.3 is 0 Å². The van der Waals surface area contributed by atoms with Crippen LogP contribution in [-0.4, -0.2) is 13.7 Å². The van der Waals surface area contributed by atoms with Gasteiger partial charge in [0.1, 0.15) is 17.6 Å². The van der Waals surface area contributed by atoms with Crippen LogP contribution in [0.4, 0.5) is 0 Å². The summed E-state index contributed by atoms with van der Waals surface area (Å²) in [6, 6.07) is 15.9. The normalized spacial score (nSPS) is 11.9. The lowest BCUT2D eigenvalue weighted by molar-refractivity contribution is 0.214. The summed E-state index contributed by atoms with van der Waals surface area (Å²) in [5, 5.41) is 0. The summed E-state index contributed by atoms with van der Waals surface area (Å²) >= 11 is 0. The highest BCUT2D eigenvalue weighted by molar-refractivity contribution is 5.32. The summed E-state index contributed by atoms with van der Waals surface area (Å²) in [7, 11) is 1.65. The van der Waals surface area contributed by atoms with Crippen LogP contribution in [0.2, 0.25) is 0 Å². The van der Waals surface area contributed by atoms with Crippen molar-refractivity contribution in [3.63, 3.8) is 0 Å². The molecule has 2 rings (SSSR count). The van der Waals surface area contributed by atoms with Crippen molar-refractivity contribution in [2.45, 2.75) is 19.4 Å². The molecule has 0 bridgehead atoms. The van der Waals surface area contributed by atoms with Gasteiger partial charge in [-0.05, 0) is 41.8 Å². The average molecular weight is 271 g/mol. The van der Waals surface area contributed by atoms with Crippen LogP contribution in [0.5, 0.6) is 11.5 Å². The molecule has 0 aliphatic rings. The van der Waals surface area contributed by atoms with Gasteiger partial charge in [-0.2, -0.15) is 0 Å². The molecule has 3 nitrogen and oxygen atoms in total. The second-order valence-corrected chi connectivity index (χ2v) is 4.62. The lowest BCUT2D eigenvalue weighted by Gasteiger charge is -2.18. The Kier molecular flexibility index (Phi) is 5.02. The molecule has 2 aromatic carbocycles. The first-order chi connectivity index (χ1) is 9.76. The lowest BCUT2D eigenvalue weighted by Crippen LogP contribution is -2.18. The molecule has 0 amide bonds. The number of rotatable bonds is 6. The zero-order chi connectivity index (χ0) is 14.4. The fourth-order valence-electron chi connectivity index (χ4n) is 2.07. The zero-order valence-corrected chi connectivity index (χ0v) is 12.0. The first kappa shape index (κ1) is 14.4. The van der Waals surface area contributed by atoms with Crippen molar-refractivity contribution in [3.8, 4) is 11.5 Å². The molecule has 0 aromatic heterocycles. The maximum Gasteiger partial charge on any atom is 0.136 e. The van der Waals surface area contributed by atoms with Crippen molar-refractivity contribution in [2.24, 2.45) is 5.73 Å². The predicted octanol–water partition coefficient (Wildman–Crippen LogP) is 3.34. The minimum absolute atomic E-state index is 0.145. The van der Waals surface area contributed by atoms with Gasteiger partial charge in [0, 0.05) is 6.54 Å². The Labute approximate surface area is 120 Å². The van der Waals surface area contributed by atoms with E-state index in [-0.39, 0.29) is 6.10 Å². The van der Waals surface area contributed by atoms with Gasteiger partial charge in [-0.25, -0.2) is 0 Å². The van der Waals surface area contributed by atoms with Crippen LogP contribution in [0.15, 0.2) is 48.5 Å². The third-order valence-corrected chi connectivity index (χ3v) is 3.29. The molecular formula is C17H21NO2. The number of aryl methyl sites for hydroxylation is 1. The third kappa shape index (κ3) is 3.52. The Morgan fingerprint density at radius 1 is 1.05 bits per heavy atom. The van der Waals surface area contributed by atoms with Crippen molar-refractivity contribution in [1.82, 2.24) is 0 Å². The van der Waals surface area contributed by atoms with E-state index in [0.29, 0.717) is 6.54 Å². The van der Waals surface area contributed by atoms with Gasteiger partial charge < -0.3 is 15.2 Å². The summed E-state index contributed by atoms with van der Waals surface area (Å²) in [5.41, 5.74) is 8.15. The van der Waals surface area contributed by atoms with Crippen molar-refractivity contribution >= 4 is 0 Å². The van der Waals surface area contributed by atoms with Crippen molar-refractivity contribution in [3.05, 3.63) is 59.7 Å². The number of ether oxygens (including phenoxy) is 2. The van der Waals surface area contributed by atoms with Gasteiger partial charge in [-0.15, -0.1) is 0 Å². The molecule has 0 saturated heterocycles. The fraction of sp³-hybridized carbons (Fsp3) is 0.294. The molecule has 0 spiro atoms. The highest BCUT2D eigenvalue weighted by atomic mass is 16.5. The maximum absolute atomic E-state index is 6.00. The topological polar surface area (TPSA) is 44.5 Å². The molecule has 106 valence electrons. The third-order valence-electron chi connectivity index (χ3n) is 3.29. The molecule has 20 heavy (non-hydrogen) atoms. The van der Waals surface area contributed by atoms with Crippen LogP contribution < -0.4 is 15.2 Å². The van der Waals surface area contributed by atoms with Crippen LogP contribution in [0.3, 0.4) is 0 Å². The van der Waals surface area contributed by atoms with E-state index in [9.17, 15) is 0 Å². The minimum atomic E-state index is -0.145. The van der Waals surface area contributed by atoms with E-state index in [1.54, 1.807) is 7.11 Å². The number of methoxy groups -OCH3 is 1. The van der Waals surface area contributed by atoms with Gasteiger partial charge in [0.05, 0.1) is 7.11 Å². The van der Waals surface area contributed by atoms with E-state index in [2.05, 4.69) is 19.1 Å². The molecule has 0 heterocycles. The maximum atomic E-state index is 6.00. The van der Waals surface area contributed by atoms with Gasteiger partial charge in [0.2, 0.25) is 0 Å². The molecule has 2 aromatic rings. The Balaban J connectivity index is 2.14. The summed E-state index contributed by atoms with van der Waals surface area (Å²) in [6.07, 6.45) is 0.848. The van der Waals surface area contributed by atoms with Gasteiger partial charge in [-0.1, -0.05) is 31.2 Å². The second kappa shape index (κ2) is 6.96. The summed E-state index contributed by atoms with van der Waals surface area (Å²) in [6.45, 7) is 2.56. The van der Waals surface area contributed by atoms with Gasteiger partial charge in [0.15, 0.2) is 0 Å². The van der Waals surface area contributed by atoms with Crippen molar-refractivity contribution in [1.29, 1.82) is 0 Å². The van der Waals surface area contributed by atoms with Crippen LogP contribution >= 0.6 is 0 Å². The van der Waals surface area contributed by atoms with E-state index in [1.807, 2.05) is 36.4 Å². The predicted molar refractivity (Wildman–Crippen MR) is 81.2 cm³/mol. The number of hydrogen-bond donors (Lipinski definition) is 1. The first-order valence-electron chi connectivity index (χ1n) is 6.86. The summed E-state index contributed by atoms with van der Waals surface area (Å²) in [5.74, 6) is 1.69. The summed E-state index contributed by atoms with van der Waals surface area (Å²) in [4.78, 5) is 0. The zero-order valence-electron chi connectivity index (χ0n) is 12.0. The molecular weight excluding hydrogens is 250 g/mol. The highest BCUT2D eigenvalue weighted by Gasteiger charge is 2.11. The highest BCUT2D eigenvalue weighted by Crippen LogP contribution is 2.24. The molecule has 1 unspecified atom stereocenters. The van der Waals surface area contributed by atoms with Crippen LogP contribution in [-0.2, 0) is 6.42 Å². The Hall–Kier alpha value is -2.00. The lowest BCUT2D eigenvalue weighted by atomic mass is 10.1. The molecule has 0 saturated carbocycles. The van der Waals surface area contributed by atoms with E-state index in [0.717, 1.165) is 23.5 Å². The Morgan fingerprint density at radius 2 is 1.80 bits per heavy atom.